The fourth-order valence-electron chi connectivity index (χ4n) is 7.81. The van der Waals surface area contributed by atoms with Gasteiger partial charge in [-0.1, -0.05) is 44.9 Å². The van der Waals surface area contributed by atoms with Gasteiger partial charge >= 0.3 is 0 Å². The number of allylic oxidation sites excluding steroid dienone is 2. The van der Waals surface area contributed by atoms with Crippen molar-refractivity contribution in [2.45, 2.75) is 139 Å². The average molecular weight is 515 g/mol. The Bertz CT molecular complexity index is 1110. The first-order valence-corrected chi connectivity index (χ1v) is 15.4. The molecule has 3 aliphatic carbocycles. The molecule has 1 aromatic rings. The number of aliphatic imine (C=N–C) groups is 1. The number of nitriles is 1. The lowest BCUT2D eigenvalue weighted by Gasteiger charge is -2.48. The van der Waals surface area contributed by atoms with E-state index in [2.05, 4.69) is 21.1 Å². The van der Waals surface area contributed by atoms with Crippen molar-refractivity contribution in [3.8, 4) is 6.07 Å². The molecule has 38 heavy (non-hydrogen) atoms. The molecule has 1 saturated heterocycles. The van der Waals surface area contributed by atoms with Crippen LogP contribution in [0.15, 0.2) is 10.7 Å². The normalized spacial score (nSPS) is 30.4. The molecule has 0 aromatic carbocycles. The van der Waals surface area contributed by atoms with E-state index < -0.39 is 0 Å². The highest BCUT2D eigenvalue weighted by Crippen LogP contribution is 2.37. The molecule has 8 heteroatoms. The molecule has 3 saturated carbocycles. The molecular formula is C30H42N8. The minimum atomic E-state index is 0.112. The Morgan fingerprint density at radius 1 is 0.868 bits per heavy atom. The third-order valence-corrected chi connectivity index (χ3v) is 9.73. The van der Waals surface area contributed by atoms with E-state index in [4.69, 9.17) is 21.6 Å². The number of piperidine rings is 1. The van der Waals surface area contributed by atoms with E-state index in [-0.39, 0.29) is 12.1 Å². The van der Waals surface area contributed by atoms with Crippen molar-refractivity contribution in [1.29, 1.82) is 5.26 Å². The zero-order chi connectivity index (χ0) is 25.9. The lowest BCUT2D eigenvalue weighted by Crippen LogP contribution is -2.52. The summed E-state index contributed by atoms with van der Waals surface area (Å²) in [5, 5.41) is 18.2. The fraction of sp³-hybridized carbons (Fsp3) is 0.767. The van der Waals surface area contributed by atoms with Crippen molar-refractivity contribution >= 4 is 11.4 Å². The maximum atomic E-state index is 9.89. The molecule has 0 amide bonds. The standard InChI is InChI=1S/C30H42N8/c1-32-27-25(20-31)29-35-28(26-14-8-9-19-33-26)36-38(29)30(27)34-21-15-17-24(18-16-21)37(22-10-4-2-5-11-22)23-12-6-3-7-13-23/h21-24,26,33H,2-19H2. The predicted molar refractivity (Wildman–Crippen MR) is 148 cm³/mol. The SMILES string of the molecule is [C-]#[N+]C1=C(C#N)c2nc(C3CCCCN3)nn2C1=NC1CCC(N(C2CCCCC2)C2CCCCC2)CC1. The van der Waals surface area contributed by atoms with E-state index in [1.807, 2.05) is 0 Å². The first-order valence-electron chi connectivity index (χ1n) is 15.4. The monoisotopic (exact) mass is 514 g/mol. The van der Waals surface area contributed by atoms with Crippen LogP contribution in [0.4, 0.5) is 0 Å². The molecule has 4 fully saturated rings. The number of hydrogen-bond donors (Lipinski definition) is 1. The second-order valence-electron chi connectivity index (χ2n) is 12.1. The lowest BCUT2D eigenvalue weighted by molar-refractivity contribution is 0.0201. The van der Waals surface area contributed by atoms with Gasteiger partial charge in [-0.05, 0) is 70.8 Å². The second-order valence-corrected chi connectivity index (χ2v) is 12.1. The van der Waals surface area contributed by atoms with Gasteiger partial charge in [-0.3, -0.25) is 9.89 Å². The van der Waals surface area contributed by atoms with E-state index in [9.17, 15) is 5.26 Å². The number of hydrogen-bond acceptors (Lipinski definition) is 6. The van der Waals surface area contributed by atoms with Gasteiger partial charge in [-0.15, -0.1) is 5.10 Å². The molecular weight excluding hydrogens is 472 g/mol. The average Bonchev–Trinajstić information content (AvgIpc) is 3.53. The van der Waals surface area contributed by atoms with Crippen LogP contribution in [-0.2, 0) is 0 Å². The molecule has 0 bridgehead atoms. The van der Waals surface area contributed by atoms with E-state index in [1.165, 1.54) is 83.5 Å². The molecule has 1 unspecified atom stereocenters. The largest absolute Gasteiger partial charge is 0.307 e. The summed E-state index contributed by atoms with van der Waals surface area (Å²) in [7, 11) is 0. The molecule has 5 aliphatic rings. The molecule has 1 N–H and O–H groups in total. The van der Waals surface area contributed by atoms with Crippen LogP contribution in [0.1, 0.15) is 127 Å². The minimum absolute atomic E-state index is 0.112. The molecule has 8 nitrogen and oxygen atoms in total. The Kier molecular flexibility index (Phi) is 7.90. The summed E-state index contributed by atoms with van der Waals surface area (Å²) in [6, 6.07) is 4.72. The Hall–Kier alpha value is -2.55. The van der Waals surface area contributed by atoms with E-state index >= 15 is 0 Å². The summed E-state index contributed by atoms with van der Waals surface area (Å²) in [5.41, 5.74) is 0.640. The van der Waals surface area contributed by atoms with Crippen molar-refractivity contribution in [1.82, 2.24) is 25.0 Å². The van der Waals surface area contributed by atoms with Gasteiger partial charge in [-0.25, -0.2) is 14.5 Å². The first-order chi connectivity index (χ1) is 18.8. The molecule has 6 rings (SSSR count). The van der Waals surface area contributed by atoms with Crippen LogP contribution in [0.2, 0.25) is 0 Å². The fourth-order valence-corrected chi connectivity index (χ4v) is 7.81. The molecule has 0 radical (unpaired) electrons. The number of fused-ring (bicyclic) bond motifs is 1. The van der Waals surface area contributed by atoms with Crippen molar-refractivity contribution < 1.29 is 0 Å². The summed E-state index contributed by atoms with van der Waals surface area (Å²) in [6.45, 7) is 8.77. The van der Waals surface area contributed by atoms with Gasteiger partial charge in [0.25, 0.3) is 5.70 Å². The molecule has 1 aromatic heterocycles. The van der Waals surface area contributed by atoms with Crippen molar-refractivity contribution in [3.05, 3.63) is 28.8 Å². The Balaban J connectivity index is 1.20. The van der Waals surface area contributed by atoms with Crippen LogP contribution in [0.5, 0.6) is 0 Å². The molecule has 1 atom stereocenters. The van der Waals surface area contributed by atoms with Gasteiger partial charge in [0, 0.05) is 18.1 Å². The maximum Gasteiger partial charge on any atom is 0.251 e. The number of nitrogens with zero attached hydrogens (tertiary/aromatic N) is 7. The molecule has 3 heterocycles. The Labute approximate surface area is 227 Å². The third kappa shape index (κ3) is 5.06. The summed E-state index contributed by atoms with van der Waals surface area (Å²) in [5.74, 6) is 1.76. The molecule has 202 valence electrons. The topological polar surface area (TPSA) is 86.5 Å². The summed E-state index contributed by atoms with van der Waals surface area (Å²) in [4.78, 5) is 16.6. The van der Waals surface area contributed by atoms with Gasteiger partial charge < -0.3 is 5.32 Å². The highest BCUT2D eigenvalue weighted by Gasteiger charge is 2.38. The minimum Gasteiger partial charge on any atom is -0.307 e. The first kappa shape index (κ1) is 25.7. The van der Waals surface area contributed by atoms with Crippen LogP contribution in [-0.4, -0.2) is 56.2 Å². The summed E-state index contributed by atoms with van der Waals surface area (Å²) >= 11 is 0. The van der Waals surface area contributed by atoms with Crippen molar-refractivity contribution in [2.24, 2.45) is 4.99 Å². The highest BCUT2D eigenvalue weighted by molar-refractivity contribution is 6.14. The summed E-state index contributed by atoms with van der Waals surface area (Å²) < 4.78 is 1.69. The van der Waals surface area contributed by atoms with Crippen molar-refractivity contribution in [2.75, 3.05) is 6.54 Å². The van der Waals surface area contributed by atoms with Gasteiger partial charge in [0.15, 0.2) is 17.5 Å². The van der Waals surface area contributed by atoms with E-state index in [1.54, 1.807) is 4.68 Å². The van der Waals surface area contributed by atoms with Crippen LogP contribution in [0.3, 0.4) is 0 Å². The zero-order valence-corrected chi connectivity index (χ0v) is 22.7. The second kappa shape index (κ2) is 11.7. The van der Waals surface area contributed by atoms with Gasteiger partial charge in [-0.2, -0.15) is 5.26 Å². The number of nitrogens with one attached hydrogen (secondary N) is 1. The van der Waals surface area contributed by atoms with Gasteiger partial charge in [0.2, 0.25) is 0 Å². The number of rotatable bonds is 5. The van der Waals surface area contributed by atoms with E-state index in [0.717, 1.165) is 50.1 Å². The third-order valence-electron chi connectivity index (χ3n) is 9.73. The van der Waals surface area contributed by atoms with Crippen LogP contribution >= 0.6 is 0 Å². The summed E-state index contributed by atoms with van der Waals surface area (Å²) in [6.07, 6.45) is 21.6. The highest BCUT2D eigenvalue weighted by atomic mass is 15.4. The molecule has 2 aliphatic heterocycles. The van der Waals surface area contributed by atoms with Crippen LogP contribution in [0, 0.1) is 17.9 Å². The van der Waals surface area contributed by atoms with Crippen molar-refractivity contribution in [3.63, 3.8) is 0 Å². The Morgan fingerprint density at radius 3 is 2.08 bits per heavy atom. The predicted octanol–water partition coefficient (Wildman–Crippen LogP) is 5.79. The van der Waals surface area contributed by atoms with Crippen LogP contribution in [0.25, 0.3) is 10.4 Å². The number of aromatic nitrogens is 3. The smallest absolute Gasteiger partial charge is 0.251 e. The maximum absolute atomic E-state index is 9.89. The van der Waals surface area contributed by atoms with Crippen LogP contribution < -0.4 is 5.32 Å². The lowest BCUT2D eigenvalue weighted by atomic mass is 9.83. The Morgan fingerprint density at radius 2 is 1.50 bits per heavy atom. The van der Waals surface area contributed by atoms with E-state index in [0.29, 0.717) is 29.0 Å². The quantitative estimate of drug-likeness (QED) is 0.503. The molecule has 0 spiro atoms. The zero-order valence-electron chi connectivity index (χ0n) is 22.7. The van der Waals surface area contributed by atoms with Gasteiger partial charge in [0.1, 0.15) is 5.57 Å². The van der Waals surface area contributed by atoms with Gasteiger partial charge in [0.05, 0.1) is 24.7 Å².